The fourth-order valence-corrected chi connectivity index (χ4v) is 6.38. The van der Waals surface area contributed by atoms with E-state index in [2.05, 4.69) is 11.8 Å². The van der Waals surface area contributed by atoms with Gasteiger partial charge in [-0.05, 0) is 74.5 Å². The number of hydrogen-bond acceptors (Lipinski definition) is 2. The second-order valence-electron chi connectivity index (χ2n) is 8.71. The van der Waals surface area contributed by atoms with E-state index in [1.165, 1.54) is 38.5 Å². The van der Waals surface area contributed by atoms with Gasteiger partial charge in [-0.15, -0.1) is 0 Å². The Hall–Kier alpha value is -0.570. The van der Waals surface area contributed by atoms with Gasteiger partial charge in [0.25, 0.3) is 0 Å². The fourth-order valence-electron chi connectivity index (χ4n) is 6.38. The standard InChI is InChI=1S/C18H30N2O/c1-12-3-2-4-20(17(12)21)11-16(19)18-8-13-5-14(9-18)7-15(6-13)10-18/h12-16H,2-11,19H2,1H3. The van der Waals surface area contributed by atoms with Gasteiger partial charge in [-0.3, -0.25) is 4.79 Å². The van der Waals surface area contributed by atoms with Gasteiger partial charge in [0, 0.05) is 25.0 Å². The first-order valence-corrected chi connectivity index (χ1v) is 9.10. The molecular weight excluding hydrogens is 260 g/mol. The highest BCUT2D eigenvalue weighted by molar-refractivity contribution is 5.79. The van der Waals surface area contributed by atoms with Gasteiger partial charge in [-0.2, -0.15) is 0 Å². The maximum absolute atomic E-state index is 12.4. The molecule has 4 bridgehead atoms. The van der Waals surface area contributed by atoms with Crippen LogP contribution in [0.1, 0.15) is 58.3 Å². The number of amides is 1. The summed E-state index contributed by atoms with van der Waals surface area (Å²) in [5, 5.41) is 0. The Bertz CT molecular complexity index is 398. The summed E-state index contributed by atoms with van der Waals surface area (Å²) in [4.78, 5) is 14.4. The number of nitrogens with two attached hydrogens (primary N) is 1. The number of carbonyl (C=O) groups is 1. The van der Waals surface area contributed by atoms with Crippen LogP contribution in [-0.2, 0) is 4.79 Å². The molecule has 5 aliphatic rings. The zero-order valence-corrected chi connectivity index (χ0v) is 13.4. The summed E-state index contributed by atoms with van der Waals surface area (Å²) in [6.45, 7) is 3.82. The number of nitrogens with zero attached hydrogens (tertiary/aromatic N) is 1. The van der Waals surface area contributed by atoms with Crippen molar-refractivity contribution in [2.75, 3.05) is 13.1 Å². The van der Waals surface area contributed by atoms with E-state index in [1.807, 2.05) is 0 Å². The average Bonchev–Trinajstić information content (AvgIpc) is 2.42. The highest BCUT2D eigenvalue weighted by Gasteiger charge is 2.53. The van der Waals surface area contributed by atoms with E-state index in [9.17, 15) is 4.79 Å². The first-order chi connectivity index (χ1) is 10.1. The van der Waals surface area contributed by atoms with Crippen molar-refractivity contribution < 1.29 is 4.79 Å². The number of rotatable bonds is 3. The highest BCUT2D eigenvalue weighted by atomic mass is 16.2. The Balaban J connectivity index is 1.47. The molecular formula is C18H30N2O. The average molecular weight is 290 g/mol. The predicted molar refractivity (Wildman–Crippen MR) is 83.6 cm³/mol. The minimum Gasteiger partial charge on any atom is -0.341 e. The van der Waals surface area contributed by atoms with Gasteiger partial charge in [0.05, 0.1) is 0 Å². The Labute approximate surface area is 128 Å². The molecule has 1 saturated heterocycles. The molecule has 0 radical (unpaired) electrons. The molecule has 118 valence electrons. The molecule has 0 spiro atoms. The van der Waals surface area contributed by atoms with Gasteiger partial charge in [0.1, 0.15) is 0 Å². The van der Waals surface area contributed by atoms with Crippen LogP contribution in [0, 0.1) is 29.1 Å². The lowest BCUT2D eigenvalue weighted by Gasteiger charge is -2.59. The van der Waals surface area contributed by atoms with E-state index in [4.69, 9.17) is 5.73 Å². The first kappa shape index (κ1) is 14.0. The lowest BCUT2D eigenvalue weighted by Crippen LogP contribution is -2.59. The summed E-state index contributed by atoms with van der Waals surface area (Å²) in [6.07, 6.45) is 10.6. The van der Waals surface area contributed by atoms with Crippen LogP contribution in [0.3, 0.4) is 0 Å². The van der Waals surface area contributed by atoms with E-state index < -0.39 is 0 Å². The maximum atomic E-state index is 12.4. The molecule has 1 aliphatic heterocycles. The Morgan fingerprint density at radius 2 is 1.76 bits per heavy atom. The predicted octanol–water partition coefficient (Wildman–Crippen LogP) is 2.79. The van der Waals surface area contributed by atoms with Gasteiger partial charge in [0.2, 0.25) is 5.91 Å². The van der Waals surface area contributed by atoms with Gasteiger partial charge >= 0.3 is 0 Å². The lowest BCUT2D eigenvalue weighted by atomic mass is 9.48. The van der Waals surface area contributed by atoms with E-state index in [1.54, 1.807) is 0 Å². The monoisotopic (exact) mass is 290 g/mol. The molecule has 5 rings (SSSR count). The topological polar surface area (TPSA) is 46.3 Å². The zero-order valence-electron chi connectivity index (χ0n) is 13.4. The second kappa shape index (κ2) is 4.97. The molecule has 1 heterocycles. The molecule has 2 N–H and O–H groups in total. The van der Waals surface area contributed by atoms with Gasteiger partial charge in [0.15, 0.2) is 0 Å². The number of carbonyl (C=O) groups excluding carboxylic acids is 1. The molecule has 5 fully saturated rings. The maximum Gasteiger partial charge on any atom is 0.225 e. The summed E-state index contributed by atoms with van der Waals surface area (Å²) in [6, 6.07) is 0.208. The largest absolute Gasteiger partial charge is 0.341 e. The number of piperidine rings is 1. The van der Waals surface area contributed by atoms with Crippen LogP contribution < -0.4 is 5.73 Å². The van der Waals surface area contributed by atoms with Crippen molar-refractivity contribution in [2.45, 2.75) is 64.3 Å². The van der Waals surface area contributed by atoms with Crippen LogP contribution in [-0.4, -0.2) is 29.9 Å². The Morgan fingerprint density at radius 3 is 2.33 bits per heavy atom. The van der Waals surface area contributed by atoms with Gasteiger partial charge in [-0.1, -0.05) is 6.92 Å². The second-order valence-corrected chi connectivity index (χ2v) is 8.71. The van der Waals surface area contributed by atoms with Crippen molar-refractivity contribution in [3.8, 4) is 0 Å². The van der Waals surface area contributed by atoms with Crippen LogP contribution in [0.4, 0.5) is 0 Å². The molecule has 0 aromatic carbocycles. The number of hydrogen-bond donors (Lipinski definition) is 1. The Morgan fingerprint density at radius 1 is 1.19 bits per heavy atom. The smallest absolute Gasteiger partial charge is 0.225 e. The highest BCUT2D eigenvalue weighted by Crippen LogP contribution is 2.61. The van der Waals surface area contributed by atoms with Crippen molar-refractivity contribution in [3.63, 3.8) is 0 Å². The molecule has 3 nitrogen and oxygen atoms in total. The van der Waals surface area contributed by atoms with E-state index in [0.717, 1.165) is 43.7 Å². The molecule has 4 saturated carbocycles. The molecule has 2 atom stereocenters. The molecule has 1 amide bonds. The van der Waals surface area contributed by atoms with Crippen molar-refractivity contribution in [1.29, 1.82) is 0 Å². The summed E-state index contributed by atoms with van der Waals surface area (Å²) >= 11 is 0. The third-order valence-corrected chi connectivity index (χ3v) is 7.09. The van der Waals surface area contributed by atoms with Crippen molar-refractivity contribution in [2.24, 2.45) is 34.8 Å². The van der Waals surface area contributed by atoms with E-state index in [0.29, 0.717) is 11.3 Å². The quantitative estimate of drug-likeness (QED) is 0.869. The van der Waals surface area contributed by atoms with Crippen molar-refractivity contribution in [3.05, 3.63) is 0 Å². The minimum absolute atomic E-state index is 0.208. The summed E-state index contributed by atoms with van der Waals surface area (Å²) in [7, 11) is 0. The third-order valence-electron chi connectivity index (χ3n) is 7.09. The molecule has 0 aromatic heterocycles. The molecule has 3 heteroatoms. The zero-order chi connectivity index (χ0) is 14.6. The first-order valence-electron chi connectivity index (χ1n) is 9.10. The van der Waals surface area contributed by atoms with E-state index >= 15 is 0 Å². The SMILES string of the molecule is CC1CCCN(CC(N)C23CC4CC(CC(C4)C2)C3)C1=O. The molecule has 21 heavy (non-hydrogen) atoms. The summed E-state index contributed by atoms with van der Waals surface area (Å²) in [5.41, 5.74) is 7.09. The van der Waals surface area contributed by atoms with Crippen molar-refractivity contribution in [1.82, 2.24) is 4.90 Å². The van der Waals surface area contributed by atoms with Gasteiger partial charge in [-0.25, -0.2) is 0 Å². The molecule has 2 unspecified atom stereocenters. The lowest BCUT2D eigenvalue weighted by molar-refractivity contribution is -0.139. The van der Waals surface area contributed by atoms with Gasteiger partial charge < -0.3 is 10.6 Å². The van der Waals surface area contributed by atoms with Crippen LogP contribution in [0.2, 0.25) is 0 Å². The Kier molecular flexibility index (Phi) is 3.33. The summed E-state index contributed by atoms with van der Waals surface area (Å²) in [5.74, 6) is 3.39. The molecule has 4 aliphatic carbocycles. The normalized spacial score (nSPS) is 47.0. The fraction of sp³-hybridized carbons (Fsp3) is 0.944. The van der Waals surface area contributed by atoms with Crippen LogP contribution >= 0.6 is 0 Å². The van der Waals surface area contributed by atoms with Crippen LogP contribution in [0.25, 0.3) is 0 Å². The van der Waals surface area contributed by atoms with Crippen LogP contribution in [0.5, 0.6) is 0 Å². The van der Waals surface area contributed by atoms with Crippen molar-refractivity contribution >= 4 is 5.91 Å². The minimum atomic E-state index is 0.208. The number of likely N-dealkylation sites (tertiary alicyclic amines) is 1. The summed E-state index contributed by atoms with van der Waals surface area (Å²) < 4.78 is 0. The third kappa shape index (κ3) is 2.32. The van der Waals surface area contributed by atoms with Crippen LogP contribution in [0.15, 0.2) is 0 Å². The van der Waals surface area contributed by atoms with E-state index in [-0.39, 0.29) is 12.0 Å². The molecule has 0 aromatic rings.